The Morgan fingerprint density at radius 3 is 2.50 bits per heavy atom. The molecule has 7 nitrogen and oxygen atoms in total. The van der Waals surface area contributed by atoms with E-state index in [0.29, 0.717) is 24.9 Å². The van der Waals surface area contributed by atoms with Crippen molar-refractivity contribution in [2.45, 2.75) is 25.4 Å². The van der Waals surface area contributed by atoms with E-state index < -0.39 is 23.7 Å². The topological polar surface area (TPSA) is 102 Å². The van der Waals surface area contributed by atoms with E-state index in [4.69, 9.17) is 10.5 Å². The third-order valence-electron chi connectivity index (χ3n) is 5.92. The van der Waals surface area contributed by atoms with Gasteiger partial charge < -0.3 is 20.7 Å². The molecule has 0 saturated heterocycles. The van der Waals surface area contributed by atoms with Gasteiger partial charge in [-0.15, -0.1) is 0 Å². The summed E-state index contributed by atoms with van der Waals surface area (Å²) >= 11 is 0. The number of primary amides is 1. The largest absolute Gasteiger partial charge is 0.458 e. The first-order chi connectivity index (χ1) is 13.4. The molecule has 0 spiro atoms. The second-order valence-electron chi connectivity index (χ2n) is 8.11. The molecule has 0 radical (unpaired) electrons. The van der Waals surface area contributed by atoms with Crippen LogP contribution in [0.25, 0.3) is 0 Å². The summed E-state index contributed by atoms with van der Waals surface area (Å²) in [5.41, 5.74) is 6.13. The van der Waals surface area contributed by atoms with Gasteiger partial charge in [0, 0.05) is 12.5 Å². The Bertz CT molecular complexity index is 722. The SMILES string of the molecule is CN(C)CCCNC(=O)C1C2CC(OC(=O)c3ccccc3)C(C2)C1C(N)=O. The number of esters is 1. The van der Waals surface area contributed by atoms with Crippen LogP contribution in [0.2, 0.25) is 0 Å². The highest BCUT2D eigenvalue weighted by atomic mass is 16.5. The summed E-state index contributed by atoms with van der Waals surface area (Å²) in [5, 5.41) is 2.95. The third kappa shape index (κ3) is 4.35. The lowest BCUT2D eigenvalue weighted by molar-refractivity contribution is -0.137. The monoisotopic (exact) mass is 387 g/mol. The van der Waals surface area contributed by atoms with Crippen molar-refractivity contribution in [3.8, 4) is 0 Å². The lowest BCUT2D eigenvalue weighted by Crippen LogP contribution is -2.47. The molecule has 1 aromatic carbocycles. The third-order valence-corrected chi connectivity index (χ3v) is 5.92. The van der Waals surface area contributed by atoms with Gasteiger partial charge in [-0.2, -0.15) is 0 Å². The highest BCUT2D eigenvalue weighted by Crippen LogP contribution is 2.53. The van der Waals surface area contributed by atoms with Gasteiger partial charge in [0.15, 0.2) is 0 Å². The molecule has 152 valence electrons. The zero-order chi connectivity index (χ0) is 20.3. The maximum Gasteiger partial charge on any atom is 0.338 e. The van der Waals surface area contributed by atoms with E-state index >= 15 is 0 Å². The highest BCUT2D eigenvalue weighted by molar-refractivity contribution is 5.90. The van der Waals surface area contributed by atoms with Crippen LogP contribution in [0, 0.1) is 23.7 Å². The van der Waals surface area contributed by atoms with Crippen molar-refractivity contribution in [2.75, 3.05) is 27.2 Å². The molecular formula is C21H29N3O4. The number of fused-ring (bicyclic) bond motifs is 2. The Kier molecular flexibility index (Phi) is 6.34. The van der Waals surface area contributed by atoms with Crippen LogP contribution < -0.4 is 11.1 Å². The quantitative estimate of drug-likeness (QED) is 0.513. The minimum absolute atomic E-state index is 0.0184. The molecular weight excluding hydrogens is 358 g/mol. The van der Waals surface area contributed by atoms with Crippen LogP contribution in [0.15, 0.2) is 30.3 Å². The zero-order valence-electron chi connectivity index (χ0n) is 16.5. The maximum atomic E-state index is 12.7. The second-order valence-corrected chi connectivity index (χ2v) is 8.11. The number of carbonyl (C=O) groups excluding carboxylic acids is 3. The van der Waals surface area contributed by atoms with Gasteiger partial charge in [-0.1, -0.05) is 18.2 Å². The predicted octanol–water partition coefficient (Wildman–Crippen LogP) is 1.04. The molecule has 7 heteroatoms. The molecule has 0 aliphatic heterocycles. The Hall–Kier alpha value is -2.41. The number of nitrogens with two attached hydrogens (primary N) is 1. The van der Waals surface area contributed by atoms with Crippen molar-refractivity contribution >= 4 is 17.8 Å². The summed E-state index contributed by atoms with van der Waals surface area (Å²) in [7, 11) is 3.97. The fourth-order valence-electron chi connectivity index (χ4n) is 4.71. The molecule has 28 heavy (non-hydrogen) atoms. The number of hydrogen-bond acceptors (Lipinski definition) is 5. The van der Waals surface area contributed by atoms with E-state index in [1.165, 1.54) is 0 Å². The average molecular weight is 387 g/mol. The predicted molar refractivity (Wildman–Crippen MR) is 104 cm³/mol. The van der Waals surface area contributed by atoms with Gasteiger partial charge in [0.1, 0.15) is 6.10 Å². The molecule has 5 atom stereocenters. The molecule has 2 saturated carbocycles. The van der Waals surface area contributed by atoms with Gasteiger partial charge >= 0.3 is 5.97 Å². The van der Waals surface area contributed by atoms with Gasteiger partial charge in [-0.3, -0.25) is 9.59 Å². The molecule has 2 amide bonds. The van der Waals surface area contributed by atoms with E-state index in [9.17, 15) is 14.4 Å². The van der Waals surface area contributed by atoms with Crippen molar-refractivity contribution in [2.24, 2.45) is 29.4 Å². The van der Waals surface area contributed by atoms with Crippen LogP contribution >= 0.6 is 0 Å². The first kappa shape index (κ1) is 20.3. The molecule has 2 bridgehead atoms. The van der Waals surface area contributed by atoms with Crippen molar-refractivity contribution in [3.63, 3.8) is 0 Å². The number of ether oxygens (including phenoxy) is 1. The summed E-state index contributed by atoms with van der Waals surface area (Å²) in [5.74, 6) is -2.16. The Labute approximate surface area is 165 Å². The number of benzene rings is 1. The molecule has 2 fully saturated rings. The zero-order valence-corrected chi connectivity index (χ0v) is 16.5. The average Bonchev–Trinajstić information content (AvgIpc) is 3.23. The first-order valence-electron chi connectivity index (χ1n) is 9.86. The lowest BCUT2D eigenvalue weighted by Gasteiger charge is -2.33. The van der Waals surface area contributed by atoms with Crippen LogP contribution in [0.1, 0.15) is 29.6 Å². The summed E-state index contributed by atoms with van der Waals surface area (Å²) < 4.78 is 5.68. The van der Waals surface area contributed by atoms with Crippen molar-refractivity contribution in [1.82, 2.24) is 10.2 Å². The van der Waals surface area contributed by atoms with E-state index in [1.807, 2.05) is 20.2 Å². The maximum absolute atomic E-state index is 12.7. The van der Waals surface area contributed by atoms with E-state index in [2.05, 4.69) is 10.2 Å². The van der Waals surface area contributed by atoms with Gasteiger partial charge in [-0.05, 0) is 58.0 Å². The fraction of sp³-hybridized carbons (Fsp3) is 0.571. The first-order valence-corrected chi connectivity index (χ1v) is 9.86. The van der Waals surface area contributed by atoms with E-state index in [1.54, 1.807) is 24.3 Å². The van der Waals surface area contributed by atoms with Crippen molar-refractivity contribution in [1.29, 1.82) is 0 Å². The van der Waals surface area contributed by atoms with Gasteiger partial charge in [0.25, 0.3) is 0 Å². The Balaban J connectivity index is 1.61. The molecule has 2 aliphatic carbocycles. The minimum Gasteiger partial charge on any atom is -0.458 e. The molecule has 5 unspecified atom stereocenters. The Morgan fingerprint density at radius 2 is 1.86 bits per heavy atom. The van der Waals surface area contributed by atoms with Crippen LogP contribution in [0.4, 0.5) is 0 Å². The molecule has 3 rings (SSSR count). The number of amides is 2. The van der Waals surface area contributed by atoms with Crippen LogP contribution in [-0.2, 0) is 14.3 Å². The van der Waals surface area contributed by atoms with Crippen LogP contribution in [0.3, 0.4) is 0 Å². The number of nitrogens with one attached hydrogen (secondary N) is 1. The van der Waals surface area contributed by atoms with Gasteiger partial charge in [-0.25, -0.2) is 4.79 Å². The number of carbonyl (C=O) groups is 3. The summed E-state index contributed by atoms with van der Waals surface area (Å²) in [6.45, 7) is 1.45. The van der Waals surface area contributed by atoms with E-state index in [0.717, 1.165) is 13.0 Å². The second kappa shape index (κ2) is 8.73. The van der Waals surface area contributed by atoms with Crippen molar-refractivity contribution in [3.05, 3.63) is 35.9 Å². The molecule has 0 aromatic heterocycles. The standard InChI is InChI=1S/C21H29N3O4/c1-24(2)10-6-9-23-20(26)17-14-11-15(18(17)19(22)25)16(12-14)28-21(27)13-7-4-3-5-8-13/h3-5,7-8,14-18H,6,9-12H2,1-2H3,(H2,22,25)(H,23,26). The molecule has 2 aliphatic rings. The van der Waals surface area contributed by atoms with E-state index in [-0.39, 0.29) is 23.8 Å². The number of nitrogens with zero attached hydrogens (tertiary/aromatic N) is 1. The normalized spacial score (nSPS) is 28.3. The fourth-order valence-corrected chi connectivity index (χ4v) is 4.71. The number of hydrogen-bond donors (Lipinski definition) is 2. The highest BCUT2D eigenvalue weighted by Gasteiger charge is 2.58. The Morgan fingerprint density at radius 1 is 1.14 bits per heavy atom. The van der Waals surface area contributed by atoms with Gasteiger partial charge in [0.05, 0.1) is 17.4 Å². The van der Waals surface area contributed by atoms with Crippen LogP contribution in [-0.4, -0.2) is 56.0 Å². The van der Waals surface area contributed by atoms with Crippen LogP contribution in [0.5, 0.6) is 0 Å². The van der Waals surface area contributed by atoms with Crippen molar-refractivity contribution < 1.29 is 19.1 Å². The van der Waals surface area contributed by atoms with Gasteiger partial charge in [0.2, 0.25) is 11.8 Å². The summed E-state index contributed by atoms with van der Waals surface area (Å²) in [4.78, 5) is 39.3. The number of rotatable bonds is 8. The molecule has 1 aromatic rings. The molecule has 0 heterocycles. The molecule has 3 N–H and O–H groups in total. The summed E-state index contributed by atoms with van der Waals surface area (Å²) in [6, 6.07) is 8.79. The minimum atomic E-state index is -0.582. The smallest absolute Gasteiger partial charge is 0.338 e. The lowest BCUT2D eigenvalue weighted by atomic mass is 9.77. The summed E-state index contributed by atoms with van der Waals surface area (Å²) in [6.07, 6.45) is 1.77.